The average molecular weight is 367 g/mol. The molecule has 1 atom stereocenters. The van der Waals surface area contributed by atoms with E-state index in [4.69, 9.17) is 0 Å². The molecule has 2 N–H and O–H groups in total. The molecule has 2 aromatic carbocycles. The highest BCUT2D eigenvalue weighted by molar-refractivity contribution is 5.89. The van der Waals surface area contributed by atoms with Gasteiger partial charge in [0.25, 0.3) is 0 Å². The number of carbonyl (C=O) groups is 2. The number of benzene rings is 2. The zero-order valence-electron chi connectivity index (χ0n) is 16.2. The van der Waals surface area contributed by atoms with E-state index in [-0.39, 0.29) is 18.0 Å². The number of nitrogens with one attached hydrogen (secondary N) is 2. The standard InChI is InChI=1S/C22H29N3O2/c1-3-18(2)25(22(27)24-20-12-8-5-9-13-20)17-15-21(26)23-16-14-19-10-6-4-7-11-19/h4-13,18H,3,14-17H2,1-2H3,(H,23,26)(H,24,27). The molecule has 0 aromatic heterocycles. The molecule has 0 aliphatic carbocycles. The summed E-state index contributed by atoms with van der Waals surface area (Å²) in [6, 6.07) is 19.3. The third-order valence-electron chi connectivity index (χ3n) is 4.57. The minimum atomic E-state index is -0.173. The first-order valence-electron chi connectivity index (χ1n) is 9.53. The Balaban J connectivity index is 1.80. The fraction of sp³-hybridized carbons (Fsp3) is 0.364. The lowest BCUT2D eigenvalue weighted by atomic mass is 10.1. The number of anilines is 1. The predicted molar refractivity (Wildman–Crippen MR) is 110 cm³/mol. The van der Waals surface area contributed by atoms with Crippen molar-refractivity contribution in [1.29, 1.82) is 0 Å². The Morgan fingerprint density at radius 2 is 1.63 bits per heavy atom. The van der Waals surface area contributed by atoms with Crippen LogP contribution < -0.4 is 10.6 Å². The fourth-order valence-electron chi connectivity index (χ4n) is 2.76. The number of nitrogens with zero attached hydrogens (tertiary/aromatic N) is 1. The molecule has 0 heterocycles. The summed E-state index contributed by atoms with van der Waals surface area (Å²) < 4.78 is 0. The van der Waals surface area contributed by atoms with Crippen molar-refractivity contribution in [2.24, 2.45) is 0 Å². The molecule has 3 amide bonds. The monoisotopic (exact) mass is 367 g/mol. The minimum absolute atomic E-state index is 0.0354. The van der Waals surface area contributed by atoms with Crippen LogP contribution in [-0.2, 0) is 11.2 Å². The van der Waals surface area contributed by atoms with Crippen LogP contribution in [0, 0.1) is 0 Å². The van der Waals surface area contributed by atoms with Gasteiger partial charge in [0.2, 0.25) is 5.91 Å². The third-order valence-corrected chi connectivity index (χ3v) is 4.57. The normalized spacial score (nSPS) is 11.5. The van der Waals surface area contributed by atoms with Gasteiger partial charge in [-0.3, -0.25) is 4.79 Å². The average Bonchev–Trinajstić information content (AvgIpc) is 2.69. The van der Waals surface area contributed by atoms with Gasteiger partial charge in [0.1, 0.15) is 0 Å². The van der Waals surface area contributed by atoms with Crippen LogP contribution in [0.5, 0.6) is 0 Å². The van der Waals surface area contributed by atoms with Crippen molar-refractivity contribution < 1.29 is 9.59 Å². The van der Waals surface area contributed by atoms with Crippen molar-refractivity contribution in [3.63, 3.8) is 0 Å². The molecular formula is C22H29N3O2. The largest absolute Gasteiger partial charge is 0.356 e. The summed E-state index contributed by atoms with van der Waals surface area (Å²) in [7, 11) is 0. The summed E-state index contributed by atoms with van der Waals surface area (Å²) in [6.45, 7) is 5.03. The highest BCUT2D eigenvalue weighted by Gasteiger charge is 2.19. The van der Waals surface area contributed by atoms with Gasteiger partial charge in [-0.25, -0.2) is 4.79 Å². The van der Waals surface area contributed by atoms with E-state index in [1.54, 1.807) is 4.90 Å². The summed E-state index contributed by atoms with van der Waals surface area (Å²) >= 11 is 0. The fourth-order valence-corrected chi connectivity index (χ4v) is 2.76. The van der Waals surface area contributed by atoms with Gasteiger partial charge in [-0.1, -0.05) is 55.5 Å². The van der Waals surface area contributed by atoms with Gasteiger partial charge >= 0.3 is 6.03 Å². The Labute approximate surface area is 161 Å². The lowest BCUT2D eigenvalue weighted by molar-refractivity contribution is -0.121. The quantitative estimate of drug-likeness (QED) is 0.702. The molecule has 0 spiro atoms. The first-order valence-corrected chi connectivity index (χ1v) is 9.53. The number of hydrogen-bond donors (Lipinski definition) is 2. The van der Waals surface area contributed by atoms with Crippen LogP contribution in [0.25, 0.3) is 0 Å². The Kier molecular flexibility index (Phi) is 8.36. The number of para-hydroxylation sites is 1. The molecule has 0 aliphatic heterocycles. The SMILES string of the molecule is CCC(C)N(CCC(=O)NCCc1ccccc1)C(=O)Nc1ccccc1. The highest BCUT2D eigenvalue weighted by Crippen LogP contribution is 2.11. The van der Waals surface area contributed by atoms with Crippen LogP contribution in [0.4, 0.5) is 10.5 Å². The summed E-state index contributed by atoms with van der Waals surface area (Å²) in [6.07, 6.45) is 1.93. The smallest absolute Gasteiger partial charge is 0.322 e. The molecule has 27 heavy (non-hydrogen) atoms. The number of amides is 3. The van der Waals surface area contributed by atoms with Crippen molar-refractivity contribution in [3.8, 4) is 0 Å². The Bertz CT molecular complexity index is 704. The molecule has 0 saturated heterocycles. The maximum Gasteiger partial charge on any atom is 0.322 e. The van der Waals surface area contributed by atoms with E-state index in [0.29, 0.717) is 19.5 Å². The molecule has 144 valence electrons. The van der Waals surface area contributed by atoms with E-state index >= 15 is 0 Å². The van der Waals surface area contributed by atoms with Crippen LogP contribution in [0.15, 0.2) is 60.7 Å². The lowest BCUT2D eigenvalue weighted by Crippen LogP contribution is -2.43. The van der Waals surface area contributed by atoms with Gasteiger partial charge in [-0.05, 0) is 37.5 Å². The Morgan fingerprint density at radius 3 is 2.26 bits per heavy atom. The van der Waals surface area contributed by atoms with E-state index in [1.807, 2.05) is 74.5 Å². The van der Waals surface area contributed by atoms with Crippen LogP contribution in [-0.4, -0.2) is 36.0 Å². The lowest BCUT2D eigenvalue weighted by Gasteiger charge is -2.28. The van der Waals surface area contributed by atoms with Crippen LogP contribution in [0.1, 0.15) is 32.3 Å². The van der Waals surface area contributed by atoms with Gasteiger partial charge in [-0.2, -0.15) is 0 Å². The molecule has 0 fully saturated rings. The van der Waals surface area contributed by atoms with Crippen molar-refractivity contribution in [3.05, 3.63) is 66.2 Å². The van der Waals surface area contributed by atoms with Crippen molar-refractivity contribution in [1.82, 2.24) is 10.2 Å². The van der Waals surface area contributed by atoms with E-state index in [2.05, 4.69) is 10.6 Å². The maximum absolute atomic E-state index is 12.6. The first-order chi connectivity index (χ1) is 13.1. The van der Waals surface area contributed by atoms with E-state index in [9.17, 15) is 9.59 Å². The number of rotatable bonds is 9. The molecule has 0 radical (unpaired) electrons. The molecule has 5 heteroatoms. The van der Waals surface area contributed by atoms with Crippen molar-refractivity contribution >= 4 is 17.6 Å². The van der Waals surface area contributed by atoms with E-state index < -0.39 is 0 Å². The van der Waals surface area contributed by atoms with Crippen LogP contribution in [0.2, 0.25) is 0 Å². The van der Waals surface area contributed by atoms with E-state index in [1.165, 1.54) is 5.56 Å². The summed E-state index contributed by atoms with van der Waals surface area (Å²) in [5, 5.41) is 5.84. The Hall–Kier alpha value is -2.82. The van der Waals surface area contributed by atoms with Gasteiger partial charge in [0.15, 0.2) is 0 Å². The van der Waals surface area contributed by atoms with Crippen molar-refractivity contribution in [2.75, 3.05) is 18.4 Å². The summed E-state index contributed by atoms with van der Waals surface area (Å²) in [5.74, 6) is -0.0354. The Morgan fingerprint density at radius 1 is 1.00 bits per heavy atom. The number of urea groups is 1. The van der Waals surface area contributed by atoms with Crippen molar-refractivity contribution in [2.45, 2.75) is 39.2 Å². The molecule has 0 saturated carbocycles. The van der Waals surface area contributed by atoms with Gasteiger partial charge in [-0.15, -0.1) is 0 Å². The second-order valence-corrected chi connectivity index (χ2v) is 6.58. The zero-order chi connectivity index (χ0) is 19.5. The predicted octanol–water partition coefficient (Wildman–Crippen LogP) is 4.07. The second-order valence-electron chi connectivity index (χ2n) is 6.58. The van der Waals surface area contributed by atoms with Crippen LogP contribution in [0.3, 0.4) is 0 Å². The molecule has 5 nitrogen and oxygen atoms in total. The number of hydrogen-bond acceptors (Lipinski definition) is 2. The van der Waals surface area contributed by atoms with E-state index in [0.717, 1.165) is 18.5 Å². The highest BCUT2D eigenvalue weighted by atomic mass is 16.2. The molecular weight excluding hydrogens is 338 g/mol. The topological polar surface area (TPSA) is 61.4 Å². The summed E-state index contributed by atoms with van der Waals surface area (Å²) in [4.78, 5) is 26.5. The van der Waals surface area contributed by atoms with Gasteiger partial charge < -0.3 is 15.5 Å². The number of carbonyl (C=O) groups excluding carboxylic acids is 2. The van der Waals surface area contributed by atoms with Crippen LogP contribution >= 0.6 is 0 Å². The molecule has 2 aromatic rings. The minimum Gasteiger partial charge on any atom is -0.356 e. The second kappa shape index (κ2) is 11.0. The molecule has 0 bridgehead atoms. The zero-order valence-corrected chi connectivity index (χ0v) is 16.2. The summed E-state index contributed by atoms with van der Waals surface area (Å²) in [5.41, 5.74) is 1.95. The first kappa shape index (κ1) is 20.5. The molecule has 2 rings (SSSR count). The van der Waals surface area contributed by atoms with Gasteiger partial charge in [0, 0.05) is 31.2 Å². The maximum atomic E-state index is 12.6. The van der Waals surface area contributed by atoms with Gasteiger partial charge in [0.05, 0.1) is 0 Å². The third kappa shape index (κ3) is 7.13. The molecule has 1 unspecified atom stereocenters. The molecule has 0 aliphatic rings.